The number of amides is 1. The highest BCUT2D eigenvalue weighted by Crippen LogP contribution is 2.39. The molecule has 1 aromatic carbocycles. The highest BCUT2D eigenvalue weighted by molar-refractivity contribution is 5.94. The van der Waals surface area contributed by atoms with Crippen molar-refractivity contribution in [2.75, 3.05) is 19.7 Å². The number of benzene rings is 1. The Morgan fingerprint density at radius 1 is 1.18 bits per heavy atom. The number of carbonyl (C=O) groups excluding carboxylic acids is 1. The highest BCUT2D eigenvalue weighted by Gasteiger charge is 2.47. The number of piperazine rings is 1. The Balaban J connectivity index is 1.41. The van der Waals surface area contributed by atoms with Gasteiger partial charge in [-0.25, -0.2) is 0 Å². The lowest BCUT2D eigenvalue weighted by Gasteiger charge is -2.38. The molecule has 1 amide bonds. The van der Waals surface area contributed by atoms with Gasteiger partial charge in [-0.15, -0.1) is 0 Å². The first-order valence-corrected chi connectivity index (χ1v) is 12.6. The van der Waals surface area contributed by atoms with Crippen molar-refractivity contribution < 1.29 is 14.6 Å². The van der Waals surface area contributed by atoms with Crippen LogP contribution in [0.2, 0.25) is 0 Å². The van der Waals surface area contributed by atoms with Crippen LogP contribution in [0.5, 0.6) is 5.75 Å². The molecule has 0 aliphatic carbocycles. The first-order chi connectivity index (χ1) is 16.1. The summed E-state index contributed by atoms with van der Waals surface area (Å²) in [5.41, 5.74) is 4.71. The number of nitrogens with zero attached hydrogens (tertiary/aromatic N) is 3. The van der Waals surface area contributed by atoms with E-state index in [1.807, 2.05) is 17.0 Å². The Hall–Kier alpha value is -2.44. The topological polar surface area (TPSA) is 65.9 Å². The number of pyridine rings is 1. The summed E-state index contributed by atoms with van der Waals surface area (Å²) in [5.74, 6) is 0.995. The number of hydrogen-bond donors (Lipinski definition) is 1. The van der Waals surface area contributed by atoms with Crippen LogP contribution in [0.3, 0.4) is 0 Å². The first kappa shape index (κ1) is 24.7. The molecule has 1 aromatic heterocycles. The van der Waals surface area contributed by atoms with Crippen molar-refractivity contribution in [3.8, 4) is 5.75 Å². The summed E-state index contributed by atoms with van der Waals surface area (Å²) in [4.78, 5) is 22.1. The number of rotatable bonds is 8. The Morgan fingerprint density at radius 2 is 1.94 bits per heavy atom. The van der Waals surface area contributed by atoms with Gasteiger partial charge in [-0.05, 0) is 82.3 Å². The number of aromatic nitrogens is 1. The highest BCUT2D eigenvalue weighted by atomic mass is 16.5. The minimum atomic E-state index is -0.725. The maximum Gasteiger partial charge on any atom is 0.255 e. The van der Waals surface area contributed by atoms with Crippen LogP contribution in [0, 0.1) is 13.8 Å². The molecule has 3 heterocycles. The molecule has 6 heteroatoms. The molecule has 0 unspecified atom stereocenters. The van der Waals surface area contributed by atoms with E-state index in [1.165, 1.54) is 11.1 Å². The number of likely N-dealkylation sites (tertiary alicyclic amines) is 2. The zero-order valence-corrected chi connectivity index (χ0v) is 21.5. The molecule has 2 bridgehead atoms. The summed E-state index contributed by atoms with van der Waals surface area (Å²) < 4.78 is 5.98. The van der Waals surface area contributed by atoms with Crippen molar-refractivity contribution in [1.82, 2.24) is 14.8 Å². The normalized spacial score (nSPS) is 21.2. The smallest absolute Gasteiger partial charge is 0.255 e. The Morgan fingerprint density at radius 3 is 2.53 bits per heavy atom. The monoisotopic (exact) mass is 465 g/mol. The Labute approximate surface area is 203 Å². The summed E-state index contributed by atoms with van der Waals surface area (Å²) in [6.45, 7) is 14.4. The number of hydrogen-bond acceptors (Lipinski definition) is 5. The fourth-order valence-corrected chi connectivity index (χ4v) is 5.36. The fraction of sp³-hybridized carbons (Fsp3) is 0.571. The van der Waals surface area contributed by atoms with E-state index >= 15 is 0 Å². The van der Waals surface area contributed by atoms with Crippen LogP contribution in [-0.4, -0.2) is 63.2 Å². The largest absolute Gasteiger partial charge is 0.493 e. The van der Waals surface area contributed by atoms with Crippen molar-refractivity contribution in [3.63, 3.8) is 0 Å². The fourth-order valence-electron chi connectivity index (χ4n) is 5.36. The van der Waals surface area contributed by atoms with E-state index in [2.05, 4.69) is 49.7 Å². The second-order valence-electron chi connectivity index (χ2n) is 10.6. The summed E-state index contributed by atoms with van der Waals surface area (Å²) in [6.07, 6.45) is 4.23. The van der Waals surface area contributed by atoms with E-state index in [1.54, 1.807) is 20.0 Å². The number of aryl methyl sites for hydroxylation is 1. The summed E-state index contributed by atoms with van der Waals surface area (Å²) in [7, 11) is 0. The molecule has 0 saturated carbocycles. The van der Waals surface area contributed by atoms with Crippen LogP contribution in [0.4, 0.5) is 0 Å². The lowest BCUT2D eigenvalue weighted by atomic mass is 9.96. The van der Waals surface area contributed by atoms with E-state index in [4.69, 9.17) is 4.74 Å². The molecule has 4 rings (SSSR count). The predicted molar refractivity (Wildman–Crippen MR) is 134 cm³/mol. The van der Waals surface area contributed by atoms with Gasteiger partial charge in [-0.2, -0.15) is 0 Å². The van der Waals surface area contributed by atoms with Crippen LogP contribution in [0.15, 0.2) is 30.5 Å². The van der Waals surface area contributed by atoms with Crippen molar-refractivity contribution >= 4 is 5.91 Å². The molecule has 2 aromatic rings. The van der Waals surface area contributed by atoms with Crippen LogP contribution in [0.1, 0.15) is 79.3 Å². The molecule has 6 nitrogen and oxygen atoms in total. The third kappa shape index (κ3) is 4.98. The predicted octanol–water partition coefficient (Wildman–Crippen LogP) is 4.46. The van der Waals surface area contributed by atoms with Crippen molar-refractivity contribution in [2.45, 2.75) is 84.5 Å². The second kappa shape index (κ2) is 9.67. The number of fused-ring (bicyclic) bond motifs is 2. The van der Waals surface area contributed by atoms with E-state index in [0.717, 1.165) is 42.9 Å². The second-order valence-corrected chi connectivity index (χ2v) is 10.6. The van der Waals surface area contributed by atoms with E-state index in [9.17, 15) is 9.90 Å². The lowest BCUT2D eigenvalue weighted by Crippen LogP contribution is -2.49. The zero-order valence-electron chi connectivity index (χ0n) is 21.5. The summed E-state index contributed by atoms with van der Waals surface area (Å²) in [5, 5.41) is 9.94. The molecule has 0 spiro atoms. The average molecular weight is 466 g/mol. The minimum Gasteiger partial charge on any atom is -0.493 e. The molecule has 3 atom stereocenters. The zero-order chi connectivity index (χ0) is 24.6. The van der Waals surface area contributed by atoms with Crippen LogP contribution in [-0.2, 0) is 6.42 Å². The molecule has 1 N–H and O–H groups in total. The molecule has 2 aliphatic rings. The molecular formula is C28H39N3O3. The van der Waals surface area contributed by atoms with Gasteiger partial charge in [0.05, 0.1) is 17.8 Å². The van der Waals surface area contributed by atoms with Crippen molar-refractivity contribution in [1.29, 1.82) is 0 Å². The summed E-state index contributed by atoms with van der Waals surface area (Å²) in [6, 6.07) is 9.04. The van der Waals surface area contributed by atoms with Gasteiger partial charge in [-0.1, -0.05) is 13.0 Å². The quantitative estimate of drug-likeness (QED) is 0.624. The van der Waals surface area contributed by atoms with Gasteiger partial charge in [0.2, 0.25) is 0 Å². The molecule has 34 heavy (non-hydrogen) atoms. The summed E-state index contributed by atoms with van der Waals surface area (Å²) >= 11 is 0. The van der Waals surface area contributed by atoms with E-state index in [0.29, 0.717) is 24.6 Å². The molecule has 184 valence electrons. The van der Waals surface area contributed by atoms with Gasteiger partial charge in [0, 0.05) is 49.5 Å². The molecule has 2 fully saturated rings. The first-order valence-electron chi connectivity index (χ1n) is 12.6. The number of aliphatic hydroxyl groups is 1. The number of ether oxygens (including phenoxy) is 1. The van der Waals surface area contributed by atoms with Gasteiger partial charge in [0.25, 0.3) is 5.91 Å². The lowest BCUT2D eigenvalue weighted by molar-refractivity contribution is 0.0547. The molecule has 2 saturated heterocycles. The van der Waals surface area contributed by atoms with Crippen LogP contribution in [0.25, 0.3) is 0 Å². The van der Waals surface area contributed by atoms with Gasteiger partial charge in [0.1, 0.15) is 5.75 Å². The van der Waals surface area contributed by atoms with Crippen molar-refractivity contribution in [3.05, 3.63) is 58.4 Å². The van der Waals surface area contributed by atoms with Crippen LogP contribution < -0.4 is 4.74 Å². The average Bonchev–Trinajstić information content (AvgIpc) is 3.41. The third-order valence-electron chi connectivity index (χ3n) is 7.68. The van der Waals surface area contributed by atoms with E-state index in [-0.39, 0.29) is 18.0 Å². The maximum atomic E-state index is 13.1. The molecular weight excluding hydrogens is 426 g/mol. The van der Waals surface area contributed by atoms with Crippen molar-refractivity contribution in [2.24, 2.45) is 0 Å². The van der Waals surface area contributed by atoms with E-state index < -0.39 is 5.60 Å². The van der Waals surface area contributed by atoms with Gasteiger partial charge in [0.15, 0.2) is 0 Å². The third-order valence-corrected chi connectivity index (χ3v) is 7.68. The maximum absolute atomic E-state index is 13.1. The number of carbonyl (C=O) groups is 1. The Kier molecular flexibility index (Phi) is 7.02. The SMILES string of the molecule is CCc1ccc(C(=O)N2C[C@H]3C[C@@H]2CN3[C@@H](C)c2ccc(OCCC(C)(C)O)c(C)c2C)cn1. The standard InChI is InChI=1S/C28H39N3O3/c1-7-22-9-8-21(15-29-22)27(32)31-17-23-14-24(31)16-30(23)20(4)25-10-11-26(19(3)18(25)2)34-13-12-28(5,6)33/h8-11,15,20,23-24,33H,7,12-14,16-17H2,1-6H3/t20-,23+,24+/m0/s1. The molecule has 0 radical (unpaired) electrons. The van der Waals surface area contributed by atoms with Crippen LogP contribution >= 0.6 is 0 Å². The van der Waals surface area contributed by atoms with Gasteiger partial charge in [-0.3, -0.25) is 14.7 Å². The van der Waals surface area contributed by atoms with Gasteiger partial charge >= 0.3 is 0 Å². The molecule has 2 aliphatic heterocycles. The van der Waals surface area contributed by atoms with Gasteiger partial charge < -0.3 is 14.7 Å². The minimum absolute atomic E-state index is 0.106. The Bertz CT molecular complexity index is 1030.